The molecule has 0 aromatic rings. The number of likely N-dealkylation sites (N-methyl/N-ethyl adjacent to an activating group) is 2. The van der Waals surface area contributed by atoms with Crippen molar-refractivity contribution >= 4 is 0 Å². The van der Waals surface area contributed by atoms with E-state index in [1.807, 2.05) is 0 Å². The summed E-state index contributed by atoms with van der Waals surface area (Å²) >= 11 is 0. The van der Waals surface area contributed by atoms with E-state index in [1.54, 1.807) is 0 Å². The second kappa shape index (κ2) is 6.39. The van der Waals surface area contributed by atoms with E-state index in [0.717, 1.165) is 26.2 Å². The molecule has 3 heteroatoms. The number of hydrogen-bond donors (Lipinski definition) is 1. The lowest BCUT2D eigenvalue weighted by Gasteiger charge is -2.37. The fraction of sp³-hybridized carbons (Fsp3) is 0.857. The summed E-state index contributed by atoms with van der Waals surface area (Å²) in [4.78, 5) is 4.83. The summed E-state index contributed by atoms with van der Waals surface area (Å²) in [5.74, 6) is 6.44. The van der Waals surface area contributed by atoms with E-state index in [1.165, 1.54) is 6.54 Å². The van der Waals surface area contributed by atoms with Gasteiger partial charge in [0.2, 0.25) is 0 Å². The molecule has 1 unspecified atom stereocenters. The molecule has 1 saturated heterocycles. The van der Waals surface area contributed by atoms with E-state index in [2.05, 4.69) is 61.8 Å². The van der Waals surface area contributed by atoms with Gasteiger partial charge >= 0.3 is 0 Å². The fourth-order valence-electron chi connectivity index (χ4n) is 1.93. The van der Waals surface area contributed by atoms with E-state index in [0.29, 0.717) is 6.04 Å². The van der Waals surface area contributed by atoms with Gasteiger partial charge in [-0.3, -0.25) is 4.90 Å². The van der Waals surface area contributed by atoms with Crippen molar-refractivity contribution in [1.29, 1.82) is 0 Å². The molecule has 0 aromatic carbocycles. The molecule has 1 atom stereocenters. The molecular formula is C14H27N3. The van der Waals surface area contributed by atoms with Gasteiger partial charge in [0.25, 0.3) is 0 Å². The Bertz CT molecular complexity index is 282. The third kappa shape index (κ3) is 6.07. The highest BCUT2D eigenvalue weighted by molar-refractivity contribution is 5.08. The zero-order chi connectivity index (χ0) is 12.9. The van der Waals surface area contributed by atoms with Crippen molar-refractivity contribution < 1.29 is 0 Å². The zero-order valence-electron chi connectivity index (χ0n) is 12.0. The third-order valence-electron chi connectivity index (χ3n) is 3.04. The maximum Gasteiger partial charge on any atom is 0.0577 e. The Hall–Kier alpha value is -0.560. The lowest BCUT2D eigenvalue weighted by Crippen LogP contribution is -2.53. The van der Waals surface area contributed by atoms with Crippen molar-refractivity contribution in [2.45, 2.75) is 26.8 Å². The van der Waals surface area contributed by atoms with Gasteiger partial charge in [0.1, 0.15) is 0 Å². The van der Waals surface area contributed by atoms with E-state index in [-0.39, 0.29) is 5.41 Å². The first kappa shape index (κ1) is 14.5. The average Bonchev–Trinajstić information content (AvgIpc) is 2.21. The minimum absolute atomic E-state index is 0.115. The molecule has 1 rings (SSSR count). The van der Waals surface area contributed by atoms with Gasteiger partial charge in [-0.1, -0.05) is 11.8 Å². The van der Waals surface area contributed by atoms with E-state index in [4.69, 9.17) is 0 Å². The van der Waals surface area contributed by atoms with Crippen LogP contribution in [0.4, 0.5) is 0 Å². The summed E-state index contributed by atoms with van der Waals surface area (Å²) < 4.78 is 0. The Kier molecular flexibility index (Phi) is 5.45. The Balaban J connectivity index is 2.23. The van der Waals surface area contributed by atoms with Gasteiger partial charge < -0.3 is 10.2 Å². The largest absolute Gasteiger partial charge is 0.305 e. The molecule has 0 radical (unpaired) electrons. The molecule has 3 nitrogen and oxygen atoms in total. The van der Waals surface area contributed by atoms with Crippen molar-refractivity contribution in [2.75, 3.05) is 46.8 Å². The topological polar surface area (TPSA) is 18.5 Å². The number of piperazine rings is 1. The summed E-state index contributed by atoms with van der Waals surface area (Å²) in [5.41, 5.74) is 0.115. The van der Waals surface area contributed by atoms with Gasteiger partial charge in [0, 0.05) is 37.6 Å². The lowest BCUT2D eigenvalue weighted by atomic mass is 9.98. The molecule has 98 valence electrons. The number of nitrogens with zero attached hydrogens (tertiary/aromatic N) is 2. The standard InChI is InChI=1S/C14H27N3/c1-14(2,3)7-6-8-15-11-13-12-16(4)9-10-17(13)5/h13,15H,8-12H2,1-5H3. The molecule has 0 aliphatic carbocycles. The number of rotatable bonds is 3. The van der Waals surface area contributed by atoms with E-state index in [9.17, 15) is 0 Å². The molecule has 1 aliphatic heterocycles. The predicted octanol–water partition coefficient (Wildman–Crippen LogP) is 0.871. The van der Waals surface area contributed by atoms with Crippen LogP contribution in [0.5, 0.6) is 0 Å². The van der Waals surface area contributed by atoms with Gasteiger partial charge in [-0.05, 0) is 34.9 Å². The smallest absolute Gasteiger partial charge is 0.0577 e. The summed E-state index contributed by atoms with van der Waals surface area (Å²) in [7, 11) is 4.40. The molecule has 1 aliphatic rings. The Labute approximate surface area is 107 Å². The predicted molar refractivity (Wildman–Crippen MR) is 74.0 cm³/mol. The molecule has 0 aromatic heterocycles. The first-order chi connectivity index (χ1) is 7.88. The first-order valence-electron chi connectivity index (χ1n) is 6.48. The number of hydrogen-bond acceptors (Lipinski definition) is 3. The van der Waals surface area contributed by atoms with E-state index < -0.39 is 0 Å². The summed E-state index contributed by atoms with van der Waals surface area (Å²) in [6, 6.07) is 0.616. The van der Waals surface area contributed by atoms with Crippen LogP contribution in [0, 0.1) is 17.3 Å². The zero-order valence-corrected chi connectivity index (χ0v) is 12.0. The van der Waals surface area contributed by atoms with Crippen molar-refractivity contribution in [3.63, 3.8) is 0 Å². The summed E-state index contributed by atoms with van der Waals surface area (Å²) in [6.45, 7) is 11.7. The highest BCUT2D eigenvalue weighted by atomic mass is 15.3. The minimum atomic E-state index is 0.115. The highest BCUT2D eigenvalue weighted by Gasteiger charge is 2.21. The Morgan fingerprint density at radius 1 is 1.24 bits per heavy atom. The molecule has 1 heterocycles. The van der Waals surface area contributed by atoms with Gasteiger partial charge in [-0.2, -0.15) is 0 Å². The maximum atomic E-state index is 3.44. The van der Waals surface area contributed by atoms with Crippen molar-refractivity contribution in [2.24, 2.45) is 5.41 Å². The Morgan fingerprint density at radius 2 is 1.94 bits per heavy atom. The van der Waals surface area contributed by atoms with E-state index >= 15 is 0 Å². The van der Waals surface area contributed by atoms with Crippen LogP contribution < -0.4 is 5.32 Å². The fourth-order valence-corrected chi connectivity index (χ4v) is 1.93. The normalized spacial score (nSPS) is 23.2. The van der Waals surface area contributed by atoms with Gasteiger partial charge in [-0.15, -0.1) is 0 Å². The summed E-state index contributed by atoms with van der Waals surface area (Å²) in [5, 5.41) is 3.44. The van der Waals surface area contributed by atoms with Crippen LogP contribution in [0.15, 0.2) is 0 Å². The molecule has 0 saturated carbocycles. The van der Waals surface area contributed by atoms with Crippen molar-refractivity contribution in [3.8, 4) is 11.8 Å². The monoisotopic (exact) mass is 237 g/mol. The van der Waals surface area contributed by atoms with Gasteiger partial charge in [0.05, 0.1) is 6.54 Å². The second-order valence-electron chi connectivity index (χ2n) is 6.08. The average molecular weight is 237 g/mol. The lowest BCUT2D eigenvalue weighted by molar-refractivity contribution is 0.114. The molecule has 17 heavy (non-hydrogen) atoms. The molecule has 0 bridgehead atoms. The van der Waals surface area contributed by atoms with Crippen LogP contribution in [0.1, 0.15) is 20.8 Å². The molecular weight excluding hydrogens is 210 g/mol. The van der Waals surface area contributed by atoms with Crippen LogP contribution >= 0.6 is 0 Å². The molecule has 0 amide bonds. The Morgan fingerprint density at radius 3 is 2.59 bits per heavy atom. The van der Waals surface area contributed by atoms with Gasteiger partial charge in [-0.25, -0.2) is 0 Å². The van der Waals surface area contributed by atoms with Crippen LogP contribution in [0.2, 0.25) is 0 Å². The molecule has 0 spiro atoms. The van der Waals surface area contributed by atoms with Gasteiger partial charge in [0.15, 0.2) is 0 Å². The molecule has 1 fully saturated rings. The van der Waals surface area contributed by atoms with Crippen LogP contribution in [-0.2, 0) is 0 Å². The SMILES string of the molecule is CN1CCN(C)C(CNCC#CC(C)(C)C)C1. The van der Waals surface area contributed by atoms with Crippen LogP contribution in [0.25, 0.3) is 0 Å². The van der Waals surface area contributed by atoms with Crippen molar-refractivity contribution in [1.82, 2.24) is 15.1 Å². The minimum Gasteiger partial charge on any atom is -0.305 e. The first-order valence-corrected chi connectivity index (χ1v) is 6.48. The quantitative estimate of drug-likeness (QED) is 0.580. The summed E-state index contributed by atoms with van der Waals surface area (Å²) in [6.07, 6.45) is 0. The maximum absolute atomic E-state index is 3.44. The van der Waals surface area contributed by atoms with Crippen LogP contribution in [0.3, 0.4) is 0 Å². The number of nitrogens with one attached hydrogen (secondary N) is 1. The molecule has 1 N–H and O–H groups in total. The highest BCUT2D eigenvalue weighted by Crippen LogP contribution is 2.09. The van der Waals surface area contributed by atoms with Crippen LogP contribution in [-0.4, -0.2) is 62.7 Å². The van der Waals surface area contributed by atoms with Crippen molar-refractivity contribution in [3.05, 3.63) is 0 Å². The third-order valence-corrected chi connectivity index (χ3v) is 3.04. The second-order valence-corrected chi connectivity index (χ2v) is 6.08.